The molecular weight excluding hydrogens is 214 g/mol. The second kappa shape index (κ2) is 3.08. The largest absolute Gasteiger partial charge is 0.325 e. The molecule has 0 bridgehead atoms. The van der Waals surface area contributed by atoms with Crippen LogP contribution in [0.5, 0.6) is 0 Å². The Balaban J connectivity index is 2.21. The molecule has 2 aromatic rings. The lowest BCUT2D eigenvalue weighted by Gasteiger charge is -2.30. The van der Waals surface area contributed by atoms with E-state index in [4.69, 9.17) is 5.73 Å². The standard InChI is InChI=1S/C14H17NS/c1-13(2,15)14(7-8-14)11-9-16-12-6-4-3-5-10(11)12/h3-6,9H,7-8,15H2,1-2H3. The molecule has 2 N–H and O–H groups in total. The highest BCUT2D eigenvalue weighted by molar-refractivity contribution is 7.17. The van der Waals surface area contributed by atoms with Gasteiger partial charge in [0.15, 0.2) is 0 Å². The lowest BCUT2D eigenvalue weighted by molar-refractivity contribution is 0.394. The van der Waals surface area contributed by atoms with Crippen LogP contribution in [0, 0.1) is 0 Å². The van der Waals surface area contributed by atoms with Crippen LogP contribution in [0.4, 0.5) is 0 Å². The molecule has 84 valence electrons. The monoisotopic (exact) mass is 231 g/mol. The van der Waals surface area contributed by atoms with Crippen LogP contribution in [-0.2, 0) is 5.41 Å². The highest BCUT2D eigenvalue weighted by Gasteiger charge is 2.54. The van der Waals surface area contributed by atoms with E-state index in [0.717, 1.165) is 0 Å². The Labute approximate surface area is 100 Å². The number of hydrogen-bond acceptors (Lipinski definition) is 2. The smallest absolute Gasteiger partial charge is 0.0345 e. The summed E-state index contributed by atoms with van der Waals surface area (Å²) in [7, 11) is 0. The van der Waals surface area contributed by atoms with Gasteiger partial charge in [-0.1, -0.05) is 18.2 Å². The molecule has 0 amide bonds. The molecule has 3 rings (SSSR count). The Hall–Kier alpha value is -0.860. The summed E-state index contributed by atoms with van der Waals surface area (Å²) in [6.45, 7) is 4.32. The third-order valence-electron chi connectivity index (χ3n) is 3.98. The van der Waals surface area contributed by atoms with Crippen molar-refractivity contribution in [3.05, 3.63) is 35.2 Å². The van der Waals surface area contributed by atoms with Gasteiger partial charge in [-0.2, -0.15) is 0 Å². The van der Waals surface area contributed by atoms with E-state index >= 15 is 0 Å². The molecule has 1 aromatic heterocycles. The molecular formula is C14H17NS. The number of rotatable bonds is 2. The fourth-order valence-corrected chi connectivity index (χ4v) is 3.79. The maximum Gasteiger partial charge on any atom is 0.0345 e. The van der Waals surface area contributed by atoms with Crippen molar-refractivity contribution in [2.45, 2.75) is 37.6 Å². The average molecular weight is 231 g/mol. The van der Waals surface area contributed by atoms with Gasteiger partial charge in [0, 0.05) is 15.7 Å². The number of nitrogens with two attached hydrogens (primary N) is 1. The molecule has 1 fully saturated rings. The van der Waals surface area contributed by atoms with Gasteiger partial charge in [-0.3, -0.25) is 0 Å². The fourth-order valence-electron chi connectivity index (χ4n) is 2.73. The van der Waals surface area contributed by atoms with Gasteiger partial charge in [0.05, 0.1) is 0 Å². The van der Waals surface area contributed by atoms with Crippen LogP contribution >= 0.6 is 11.3 Å². The van der Waals surface area contributed by atoms with Crippen LogP contribution in [0.2, 0.25) is 0 Å². The Morgan fingerprint density at radius 1 is 1.25 bits per heavy atom. The van der Waals surface area contributed by atoms with Crippen molar-refractivity contribution in [3.8, 4) is 0 Å². The van der Waals surface area contributed by atoms with Crippen LogP contribution in [0.1, 0.15) is 32.3 Å². The summed E-state index contributed by atoms with van der Waals surface area (Å²) in [5.74, 6) is 0. The third-order valence-corrected chi connectivity index (χ3v) is 4.94. The van der Waals surface area contributed by atoms with Crippen molar-refractivity contribution in [3.63, 3.8) is 0 Å². The molecule has 0 saturated heterocycles. The van der Waals surface area contributed by atoms with E-state index in [1.807, 2.05) is 11.3 Å². The first-order valence-electron chi connectivity index (χ1n) is 5.80. The highest BCUT2D eigenvalue weighted by Crippen LogP contribution is 2.57. The summed E-state index contributed by atoms with van der Waals surface area (Å²) in [6, 6.07) is 8.66. The number of fused-ring (bicyclic) bond motifs is 1. The predicted octanol–water partition coefficient (Wildman–Crippen LogP) is 3.67. The lowest BCUT2D eigenvalue weighted by atomic mass is 9.79. The summed E-state index contributed by atoms with van der Waals surface area (Å²) in [4.78, 5) is 0. The second-order valence-electron chi connectivity index (χ2n) is 5.45. The van der Waals surface area contributed by atoms with Gasteiger partial charge in [-0.05, 0) is 49.1 Å². The predicted molar refractivity (Wildman–Crippen MR) is 71.0 cm³/mol. The molecule has 0 spiro atoms. The highest BCUT2D eigenvalue weighted by atomic mass is 32.1. The third kappa shape index (κ3) is 1.26. The van der Waals surface area contributed by atoms with Gasteiger partial charge in [0.1, 0.15) is 0 Å². The Morgan fingerprint density at radius 3 is 2.56 bits per heavy atom. The van der Waals surface area contributed by atoms with E-state index in [1.54, 1.807) is 0 Å². The Kier molecular flexibility index (Phi) is 1.99. The fraction of sp³-hybridized carbons (Fsp3) is 0.429. The molecule has 0 unspecified atom stereocenters. The maximum absolute atomic E-state index is 6.36. The molecule has 1 aromatic carbocycles. The maximum atomic E-state index is 6.36. The van der Waals surface area contributed by atoms with E-state index in [1.165, 1.54) is 28.5 Å². The zero-order valence-electron chi connectivity index (χ0n) is 9.79. The molecule has 16 heavy (non-hydrogen) atoms. The summed E-state index contributed by atoms with van der Waals surface area (Å²) < 4.78 is 1.38. The molecule has 1 nitrogen and oxygen atoms in total. The van der Waals surface area contributed by atoms with Gasteiger partial charge in [0.25, 0.3) is 0 Å². The van der Waals surface area contributed by atoms with Crippen molar-refractivity contribution in [2.24, 2.45) is 5.73 Å². The molecule has 0 radical (unpaired) electrons. The first kappa shape index (κ1) is 10.3. The normalized spacial score (nSPS) is 18.9. The number of hydrogen-bond donors (Lipinski definition) is 1. The number of thiophene rings is 1. The zero-order valence-corrected chi connectivity index (χ0v) is 10.6. The molecule has 1 heterocycles. The minimum atomic E-state index is -0.114. The Morgan fingerprint density at radius 2 is 1.94 bits per heavy atom. The van der Waals surface area contributed by atoms with Crippen LogP contribution in [0.3, 0.4) is 0 Å². The van der Waals surface area contributed by atoms with E-state index in [2.05, 4.69) is 43.5 Å². The van der Waals surface area contributed by atoms with Gasteiger partial charge < -0.3 is 5.73 Å². The molecule has 1 saturated carbocycles. The molecule has 1 aliphatic carbocycles. The average Bonchev–Trinajstić information content (AvgIpc) is 2.93. The SMILES string of the molecule is CC(C)(N)C1(c2csc3ccccc23)CC1. The van der Waals surface area contributed by atoms with E-state index in [-0.39, 0.29) is 11.0 Å². The van der Waals surface area contributed by atoms with E-state index in [0.29, 0.717) is 0 Å². The topological polar surface area (TPSA) is 26.0 Å². The van der Waals surface area contributed by atoms with Crippen molar-refractivity contribution in [1.29, 1.82) is 0 Å². The molecule has 1 aliphatic rings. The van der Waals surface area contributed by atoms with Crippen LogP contribution in [-0.4, -0.2) is 5.54 Å². The van der Waals surface area contributed by atoms with Crippen molar-refractivity contribution in [1.82, 2.24) is 0 Å². The molecule has 0 aliphatic heterocycles. The Bertz CT molecular complexity index is 529. The van der Waals surface area contributed by atoms with Crippen molar-refractivity contribution < 1.29 is 0 Å². The van der Waals surface area contributed by atoms with Gasteiger partial charge >= 0.3 is 0 Å². The second-order valence-corrected chi connectivity index (χ2v) is 6.36. The summed E-state index contributed by atoms with van der Waals surface area (Å²) in [6.07, 6.45) is 2.47. The minimum absolute atomic E-state index is 0.114. The van der Waals surface area contributed by atoms with E-state index < -0.39 is 0 Å². The number of benzene rings is 1. The van der Waals surface area contributed by atoms with Crippen LogP contribution in [0.25, 0.3) is 10.1 Å². The molecule has 0 atom stereocenters. The van der Waals surface area contributed by atoms with Gasteiger partial charge in [0.2, 0.25) is 0 Å². The quantitative estimate of drug-likeness (QED) is 0.838. The van der Waals surface area contributed by atoms with Crippen LogP contribution < -0.4 is 5.73 Å². The first-order chi connectivity index (χ1) is 7.55. The van der Waals surface area contributed by atoms with Gasteiger partial charge in [-0.15, -0.1) is 11.3 Å². The molecule has 2 heteroatoms. The van der Waals surface area contributed by atoms with Crippen molar-refractivity contribution >= 4 is 21.4 Å². The first-order valence-corrected chi connectivity index (χ1v) is 6.68. The zero-order chi connectivity index (χ0) is 11.4. The van der Waals surface area contributed by atoms with Crippen LogP contribution in [0.15, 0.2) is 29.6 Å². The van der Waals surface area contributed by atoms with Gasteiger partial charge in [-0.25, -0.2) is 0 Å². The summed E-state index contributed by atoms with van der Waals surface area (Å²) >= 11 is 1.84. The lowest BCUT2D eigenvalue weighted by Crippen LogP contribution is -2.45. The van der Waals surface area contributed by atoms with Crippen molar-refractivity contribution in [2.75, 3.05) is 0 Å². The summed E-state index contributed by atoms with van der Waals surface area (Å²) in [5.41, 5.74) is 7.95. The van der Waals surface area contributed by atoms with E-state index in [9.17, 15) is 0 Å². The summed E-state index contributed by atoms with van der Waals surface area (Å²) in [5, 5.41) is 3.72. The minimum Gasteiger partial charge on any atom is -0.325 e.